The van der Waals surface area contributed by atoms with Gasteiger partial charge in [0.05, 0.1) is 29.1 Å². The normalized spacial score (nSPS) is 11.4. The van der Waals surface area contributed by atoms with Crippen molar-refractivity contribution in [1.82, 2.24) is 14.5 Å². The van der Waals surface area contributed by atoms with Gasteiger partial charge in [-0.3, -0.25) is 15.0 Å². The molecule has 27 heavy (non-hydrogen) atoms. The van der Waals surface area contributed by atoms with Gasteiger partial charge in [0.15, 0.2) is 0 Å². The summed E-state index contributed by atoms with van der Waals surface area (Å²) in [5.74, 6) is 0.769. The number of hydrogen-bond donors (Lipinski definition) is 1. The van der Waals surface area contributed by atoms with E-state index in [1.54, 1.807) is 6.07 Å². The van der Waals surface area contributed by atoms with E-state index >= 15 is 0 Å². The highest BCUT2D eigenvalue weighted by Crippen LogP contribution is 2.25. The minimum Gasteiger partial charge on any atom is -0.395 e. The van der Waals surface area contributed by atoms with Crippen molar-refractivity contribution in [2.45, 2.75) is 19.6 Å². The molecule has 0 atom stereocenters. The number of imidazole rings is 1. The predicted octanol–water partition coefficient (Wildman–Crippen LogP) is 3.88. The van der Waals surface area contributed by atoms with Crippen LogP contribution < -0.4 is 0 Å². The summed E-state index contributed by atoms with van der Waals surface area (Å²) in [5, 5.41) is 21.5. The number of aliphatic hydroxyl groups is 1. The number of rotatable bonds is 7. The molecule has 0 spiro atoms. The zero-order valence-electron chi connectivity index (χ0n) is 14.6. The standard InChI is InChI=1S/C18H18Cl2N4O3/c1-22(10-12-8-14(24(26)27)3-4-15(12)20)11-18-21-16-5-2-13(19)9-17(16)23(18)6-7-25/h2-5,8-9,25H,6-7,10-11H2,1H3. The summed E-state index contributed by atoms with van der Waals surface area (Å²) in [6.45, 7) is 1.28. The number of nitrogens with zero attached hydrogens (tertiary/aromatic N) is 4. The maximum atomic E-state index is 11.0. The van der Waals surface area contributed by atoms with Crippen molar-refractivity contribution in [3.8, 4) is 0 Å². The highest BCUT2D eigenvalue weighted by Gasteiger charge is 2.15. The molecule has 0 saturated heterocycles. The molecule has 3 rings (SSSR count). The van der Waals surface area contributed by atoms with E-state index in [9.17, 15) is 15.2 Å². The number of non-ortho nitro benzene ring substituents is 1. The van der Waals surface area contributed by atoms with Gasteiger partial charge in [-0.25, -0.2) is 4.98 Å². The lowest BCUT2D eigenvalue weighted by atomic mass is 10.2. The fourth-order valence-electron chi connectivity index (χ4n) is 3.00. The lowest BCUT2D eigenvalue weighted by Gasteiger charge is -2.18. The van der Waals surface area contributed by atoms with E-state index in [4.69, 9.17) is 23.2 Å². The molecular formula is C18H18Cl2N4O3. The first kappa shape index (κ1) is 19.6. The topological polar surface area (TPSA) is 84.4 Å². The molecule has 0 unspecified atom stereocenters. The Hall–Kier alpha value is -2.19. The molecule has 142 valence electrons. The van der Waals surface area contributed by atoms with Crippen molar-refractivity contribution < 1.29 is 10.0 Å². The van der Waals surface area contributed by atoms with Crippen LogP contribution in [-0.2, 0) is 19.6 Å². The minimum atomic E-state index is -0.440. The maximum Gasteiger partial charge on any atom is 0.269 e. The van der Waals surface area contributed by atoms with E-state index in [0.717, 1.165) is 16.9 Å². The predicted molar refractivity (Wildman–Crippen MR) is 105 cm³/mol. The van der Waals surface area contributed by atoms with Gasteiger partial charge in [0.1, 0.15) is 5.82 Å². The molecular weight excluding hydrogens is 391 g/mol. The van der Waals surface area contributed by atoms with Gasteiger partial charge in [-0.2, -0.15) is 0 Å². The van der Waals surface area contributed by atoms with Gasteiger partial charge in [-0.1, -0.05) is 23.2 Å². The lowest BCUT2D eigenvalue weighted by Crippen LogP contribution is -2.21. The molecule has 0 bridgehead atoms. The molecule has 0 aliphatic rings. The van der Waals surface area contributed by atoms with Crippen molar-refractivity contribution in [3.63, 3.8) is 0 Å². The molecule has 0 radical (unpaired) electrons. The Morgan fingerprint density at radius 2 is 2.00 bits per heavy atom. The Kier molecular flexibility index (Phi) is 5.96. The molecule has 1 aromatic heterocycles. The summed E-state index contributed by atoms with van der Waals surface area (Å²) in [7, 11) is 1.88. The van der Waals surface area contributed by atoms with Gasteiger partial charge >= 0.3 is 0 Å². The minimum absolute atomic E-state index is 0.00459. The van der Waals surface area contributed by atoms with Crippen LogP contribution in [0.15, 0.2) is 36.4 Å². The van der Waals surface area contributed by atoms with Crippen LogP contribution in [0.3, 0.4) is 0 Å². The van der Waals surface area contributed by atoms with E-state index in [1.165, 1.54) is 18.2 Å². The molecule has 9 heteroatoms. The molecule has 7 nitrogen and oxygen atoms in total. The highest BCUT2D eigenvalue weighted by molar-refractivity contribution is 6.31. The van der Waals surface area contributed by atoms with Crippen molar-refractivity contribution >= 4 is 39.9 Å². The second kappa shape index (κ2) is 8.22. The second-order valence-corrected chi connectivity index (χ2v) is 7.09. The van der Waals surface area contributed by atoms with Gasteiger partial charge in [-0.15, -0.1) is 0 Å². The summed E-state index contributed by atoms with van der Waals surface area (Å²) >= 11 is 12.3. The zero-order chi connectivity index (χ0) is 19.6. The molecule has 1 heterocycles. The SMILES string of the molecule is CN(Cc1cc([N+](=O)[O-])ccc1Cl)Cc1nc2ccc(Cl)cc2n1CCO. The number of benzene rings is 2. The van der Waals surface area contributed by atoms with Gasteiger partial charge in [0, 0.05) is 35.3 Å². The molecule has 0 fully saturated rings. The van der Waals surface area contributed by atoms with Crippen LogP contribution in [0, 0.1) is 10.1 Å². The Morgan fingerprint density at radius 3 is 2.70 bits per heavy atom. The van der Waals surface area contributed by atoms with Crippen LogP contribution in [0.2, 0.25) is 10.0 Å². The number of nitro benzene ring substituents is 1. The number of nitro groups is 1. The van der Waals surface area contributed by atoms with Crippen molar-refractivity contribution in [3.05, 3.63) is 67.9 Å². The number of halogens is 2. The summed E-state index contributed by atoms with van der Waals surface area (Å²) in [6.07, 6.45) is 0. The Labute approximate surface area is 165 Å². The molecule has 1 N–H and O–H groups in total. The zero-order valence-corrected chi connectivity index (χ0v) is 16.1. The quantitative estimate of drug-likeness (QED) is 0.473. The monoisotopic (exact) mass is 408 g/mol. The first-order chi connectivity index (χ1) is 12.9. The van der Waals surface area contributed by atoms with Crippen LogP contribution in [-0.4, -0.2) is 38.1 Å². The summed E-state index contributed by atoms with van der Waals surface area (Å²) < 4.78 is 1.92. The summed E-state index contributed by atoms with van der Waals surface area (Å²) in [6, 6.07) is 9.83. The van der Waals surface area contributed by atoms with Crippen molar-refractivity contribution in [2.75, 3.05) is 13.7 Å². The molecule has 0 aliphatic carbocycles. The Morgan fingerprint density at radius 1 is 1.22 bits per heavy atom. The van der Waals surface area contributed by atoms with Crippen LogP contribution >= 0.6 is 23.2 Å². The van der Waals surface area contributed by atoms with Gasteiger partial charge in [0.2, 0.25) is 0 Å². The number of fused-ring (bicyclic) bond motifs is 1. The van der Waals surface area contributed by atoms with Crippen LogP contribution in [0.1, 0.15) is 11.4 Å². The summed E-state index contributed by atoms with van der Waals surface area (Å²) in [5.41, 5.74) is 2.32. The average molecular weight is 409 g/mol. The molecule has 0 aliphatic heterocycles. The van der Waals surface area contributed by atoms with E-state index < -0.39 is 4.92 Å². The number of aromatic nitrogens is 2. The largest absolute Gasteiger partial charge is 0.395 e. The number of hydrogen-bond acceptors (Lipinski definition) is 5. The van der Waals surface area contributed by atoms with Crippen LogP contribution in [0.5, 0.6) is 0 Å². The fourth-order valence-corrected chi connectivity index (χ4v) is 3.34. The van der Waals surface area contributed by atoms with Gasteiger partial charge in [0.25, 0.3) is 5.69 Å². The van der Waals surface area contributed by atoms with Crippen molar-refractivity contribution in [2.24, 2.45) is 0 Å². The molecule has 0 amide bonds. The Balaban J connectivity index is 1.86. The van der Waals surface area contributed by atoms with Gasteiger partial charge in [-0.05, 0) is 36.9 Å². The average Bonchev–Trinajstić information content (AvgIpc) is 2.93. The van der Waals surface area contributed by atoms with E-state index in [2.05, 4.69) is 4.98 Å². The van der Waals surface area contributed by atoms with E-state index in [0.29, 0.717) is 35.2 Å². The number of aliphatic hydroxyl groups excluding tert-OH is 1. The second-order valence-electron chi connectivity index (χ2n) is 6.24. The maximum absolute atomic E-state index is 11.0. The smallest absolute Gasteiger partial charge is 0.269 e. The van der Waals surface area contributed by atoms with E-state index in [-0.39, 0.29) is 12.3 Å². The van der Waals surface area contributed by atoms with Gasteiger partial charge < -0.3 is 9.67 Å². The first-order valence-corrected chi connectivity index (χ1v) is 9.01. The summed E-state index contributed by atoms with van der Waals surface area (Å²) in [4.78, 5) is 17.1. The highest BCUT2D eigenvalue weighted by atomic mass is 35.5. The van der Waals surface area contributed by atoms with Crippen molar-refractivity contribution in [1.29, 1.82) is 0 Å². The third-order valence-electron chi connectivity index (χ3n) is 4.20. The lowest BCUT2D eigenvalue weighted by molar-refractivity contribution is -0.384. The van der Waals surface area contributed by atoms with E-state index in [1.807, 2.05) is 28.6 Å². The van der Waals surface area contributed by atoms with Crippen LogP contribution in [0.25, 0.3) is 11.0 Å². The third-order valence-corrected chi connectivity index (χ3v) is 4.81. The molecule has 2 aromatic carbocycles. The first-order valence-electron chi connectivity index (χ1n) is 8.26. The van der Waals surface area contributed by atoms with Crippen LogP contribution in [0.4, 0.5) is 5.69 Å². The third kappa shape index (κ3) is 4.39. The molecule has 3 aromatic rings. The Bertz CT molecular complexity index is 990. The molecule has 0 saturated carbocycles. The fraction of sp³-hybridized carbons (Fsp3) is 0.278.